The minimum atomic E-state index is -5.11. The van der Waals surface area contributed by atoms with E-state index in [1.165, 1.54) is 19.2 Å². The molecular weight excluding hydrogens is 385 g/mol. The first kappa shape index (κ1) is 19.1. The van der Waals surface area contributed by atoms with Crippen molar-refractivity contribution in [2.75, 3.05) is 7.11 Å². The number of carboxylic acid groups (broad SMARTS) is 1. The fourth-order valence-electron chi connectivity index (χ4n) is 2.78. The maximum Gasteiger partial charge on any atom is 0.448 e. The summed E-state index contributed by atoms with van der Waals surface area (Å²) in [6.07, 6.45) is -3.80. The topological polar surface area (TPSA) is 55.8 Å². The Morgan fingerprint density at radius 2 is 1.93 bits per heavy atom. The van der Waals surface area contributed by atoms with Gasteiger partial charge in [0.2, 0.25) is 0 Å². The zero-order valence-corrected chi connectivity index (χ0v) is 14.8. The quantitative estimate of drug-likeness (QED) is 0.762. The predicted molar refractivity (Wildman–Crippen MR) is 93.1 cm³/mol. The number of hydrogen-bond acceptors (Lipinski definition) is 3. The zero-order valence-electron chi connectivity index (χ0n) is 14.0. The van der Waals surface area contributed by atoms with Crippen LogP contribution >= 0.6 is 11.6 Å². The molecule has 0 aliphatic carbocycles. The van der Waals surface area contributed by atoms with E-state index in [0.29, 0.717) is 17.7 Å². The van der Waals surface area contributed by atoms with Gasteiger partial charge >= 0.3 is 17.2 Å². The van der Waals surface area contributed by atoms with Crippen molar-refractivity contribution in [3.63, 3.8) is 0 Å². The number of halogens is 4. The molecule has 0 radical (unpaired) electrons. The molecular formula is C19H14ClF3O4. The molecule has 1 N–H and O–H groups in total. The lowest BCUT2D eigenvalue weighted by Gasteiger charge is -2.34. The van der Waals surface area contributed by atoms with Gasteiger partial charge in [0.15, 0.2) is 0 Å². The Labute approximate surface area is 157 Å². The van der Waals surface area contributed by atoms with E-state index < -0.39 is 22.8 Å². The van der Waals surface area contributed by atoms with Gasteiger partial charge in [0.05, 0.1) is 7.11 Å². The summed E-state index contributed by atoms with van der Waals surface area (Å²) in [6.45, 7) is 0. The van der Waals surface area contributed by atoms with Crippen molar-refractivity contribution in [3.8, 4) is 11.5 Å². The molecule has 3 rings (SSSR count). The van der Waals surface area contributed by atoms with Crippen LogP contribution in [0.5, 0.6) is 11.5 Å². The van der Waals surface area contributed by atoms with Crippen molar-refractivity contribution >= 4 is 23.6 Å². The van der Waals surface area contributed by atoms with E-state index in [4.69, 9.17) is 26.2 Å². The third kappa shape index (κ3) is 3.60. The molecule has 8 heteroatoms. The standard InChI is InChI=1S/C19H14ClF3O4/c1-26-14-4-2-3-11(8-14)7-12-5-6-13-10-15(17(24)25)18(20,19(21,22)23)27-16(13)9-12/h2-6,8-10H,7H2,1H3,(H,24,25). The maximum atomic E-state index is 13.4. The molecule has 0 fully saturated rings. The summed E-state index contributed by atoms with van der Waals surface area (Å²) in [5, 5.41) is 5.67. The van der Waals surface area contributed by atoms with Crippen molar-refractivity contribution in [1.82, 2.24) is 0 Å². The molecule has 0 saturated heterocycles. The molecule has 0 saturated carbocycles. The summed E-state index contributed by atoms with van der Waals surface area (Å²) in [5.41, 5.74) is 0.697. The predicted octanol–water partition coefficient (Wildman–Crippen LogP) is 4.64. The van der Waals surface area contributed by atoms with Crippen LogP contribution in [0.2, 0.25) is 0 Å². The Kier molecular flexibility index (Phi) is 4.82. The van der Waals surface area contributed by atoms with Crippen molar-refractivity contribution < 1.29 is 32.5 Å². The Bertz CT molecular complexity index is 923. The van der Waals surface area contributed by atoms with Crippen molar-refractivity contribution in [2.45, 2.75) is 17.7 Å². The fourth-order valence-corrected chi connectivity index (χ4v) is 3.00. The van der Waals surface area contributed by atoms with E-state index in [2.05, 4.69) is 0 Å². The Hall–Kier alpha value is -2.67. The second-order valence-corrected chi connectivity index (χ2v) is 6.49. The molecule has 0 amide bonds. The van der Waals surface area contributed by atoms with Crippen molar-refractivity contribution in [1.29, 1.82) is 0 Å². The highest BCUT2D eigenvalue weighted by molar-refractivity contribution is 6.29. The van der Waals surface area contributed by atoms with Crippen LogP contribution in [-0.4, -0.2) is 29.4 Å². The van der Waals surface area contributed by atoms with Crippen LogP contribution in [0.3, 0.4) is 0 Å². The highest BCUT2D eigenvalue weighted by Gasteiger charge is 2.62. The molecule has 4 nitrogen and oxygen atoms in total. The second kappa shape index (κ2) is 6.81. The lowest BCUT2D eigenvalue weighted by atomic mass is 9.97. The molecule has 142 valence electrons. The molecule has 0 spiro atoms. The van der Waals surface area contributed by atoms with Crippen LogP contribution in [0.4, 0.5) is 13.2 Å². The van der Waals surface area contributed by atoms with Crippen LogP contribution in [-0.2, 0) is 11.2 Å². The van der Waals surface area contributed by atoms with Gasteiger partial charge in [-0.3, -0.25) is 0 Å². The summed E-state index contributed by atoms with van der Waals surface area (Å²) in [4.78, 5) is 11.3. The molecule has 1 aliphatic heterocycles. The van der Waals surface area contributed by atoms with Gasteiger partial charge in [0, 0.05) is 5.56 Å². The monoisotopic (exact) mass is 398 g/mol. The number of methoxy groups -OCH3 is 1. The minimum Gasteiger partial charge on any atom is -0.497 e. The van der Waals surface area contributed by atoms with Gasteiger partial charge in [-0.2, -0.15) is 13.2 Å². The number of carbonyl (C=O) groups is 1. The van der Waals surface area contributed by atoms with Crippen LogP contribution in [0.1, 0.15) is 16.7 Å². The SMILES string of the molecule is COc1cccc(Cc2ccc3c(c2)OC(Cl)(C(F)(F)F)C(C(=O)O)=C3)c1. The number of alkyl halides is 4. The Morgan fingerprint density at radius 3 is 2.56 bits per heavy atom. The molecule has 2 aromatic carbocycles. The average molecular weight is 399 g/mol. The molecule has 27 heavy (non-hydrogen) atoms. The summed E-state index contributed by atoms with van der Waals surface area (Å²) in [5.74, 6) is -1.27. The van der Waals surface area contributed by atoms with E-state index >= 15 is 0 Å². The van der Waals surface area contributed by atoms with Gasteiger partial charge < -0.3 is 14.6 Å². The van der Waals surface area contributed by atoms with Crippen LogP contribution in [0.15, 0.2) is 48.0 Å². The Balaban J connectivity index is 1.98. The highest BCUT2D eigenvalue weighted by Crippen LogP contribution is 2.48. The van der Waals surface area contributed by atoms with Gasteiger partial charge in [-0.25, -0.2) is 4.79 Å². The molecule has 0 aromatic heterocycles. The molecule has 1 atom stereocenters. The van der Waals surface area contributed by atoms with Crippen LogP contribution in [0.25, 0.3) is 6.08 Å². The number of hydrogen-bond donors (Lipinski definition) is 1. The summed E-state index contributed by atoms with van der Waals surface area (Å²) in [6, 6.07) is 11.9. The fraction of sp³-hybridized carbons (Fsp3) is 0.211. The Morgan fingerprint density at radius 1 is 1.22 bits per heavy atom. The third-order valence-corrected chi connectivity index (χ3v) is 4.61. The first-order chi connectivity index (χ1) is 12.6. The smallest absolute Gasteiger partial charge is 0.448 e. The lowest BCUT2D eigenvalue weighted by Crippen LogP contribution is -2.50. The summed E-state index contributed by atoms with van der Waals surface area (Å²) >= 11 is 5.58. The molecule has 1 unspecified atom stereocenters. The first-order valence-electron chi connectivity index (χ1n) is 7.80. The largest absolute Gasteiger partial charge is 0.497 e. The van der Waals surface area contributed by atoms with E-state index in [1.807, 2.05) is 12.1 Å². The number of benzene rings is 2. The van der Waals surface area contributed by atoms with Gasteiger partial charge in [-0.05, 0) is 41.8 Å². The van der Waals surface area contributed by atoms with E-state index in [9.17, 15) is 18.0 Å². The molecule has 2 aromatic rings. The van der Waals surface area contributed by atoms with E-state index in [1.54, 1.807) is 18.2 Å². The number of rotatable bonds is 4. The van der Waals surface area contributed by atoms with Gasteiger partial charge in [0.25, 0.3) is 0 Å². The van der Waals surface area contributed by atoms with Gasteiger partial charge in [0.1, 0.15) is 17.1 Å². The lowest BCUT2D eigenvalue weighted by molar-refractivity contribution is -0.204. The van der Waals surface area contributed by atoms with Crippen molar-refractivity contribution in [2.24, 2.45) is 0 Å². The average Bonchev–Trinajstić information content (AvgIpc) is 2.60. The maximum absolute atomic E-state index is 13.4. The number of carboxylic acids is 1. The highest BCUT2D eigenvalue weighted by atomic mass is 35.5. The van der Waals surface area contributed by atoms with Crippen LogP contribution in [0, 0.1) is 0 Å². The molecule has 1 aliphatic rings. The zero-order chi connectivity index (χ0) is 19.8. The normalized spacial score (nSPS) is 18.9. The summed E-state index contributed by atoms with van der Waals surface area (Å²) in [7, 11) is 1.54. The van der Waals surface area contributed by atoms with E-state index in [-0.39, 0.29) is 11.3 Å². The number of fused-ring (bicyclic) bond motifs is 1. The molecule has 0 bridgehead atoms. The number of ether oxygens (including phenoxy) is 2. The van der Waals surface area contributed by atoms with Gasteiger partial charge in [-0.1, -0.05) is 35.9 Å². The van der Waals surface area contributed by atoms with Gasteiger partial charge in [-0.15, -0.1) is 0 Å². The van der Waals surface area contributed by atoms with Crippen LogP contribution < -0.4 is 9.47 Å². The van der Waals surface area contributed by atoms with E-state index in [0.717, 1.165) is 11.6 Å². The minimum absolute atomic E-state index is 0.132. The second-order valence-electron chi connectivity index (χ2n) is 5.96. The van der Waals surface area contributed by atoms with Crippen molar-refractivity contribution in [3.05, 3.63) is 64.7 Å². The first-order valence-corrected chi connectivity index (χ1v) is 8.18. The third-order valence-electron chi connectivity index (χ3n) is 4.11. The number of aliphatic carboxylic acids is 1. The molecule has 1 heterocycles. The summed E-state index contributed by atoms with van der Waals surface area (Å²) < 4.78 is 50.3.